The molecule has 1 aromatic heterocycles. The van der Waals surface area contributed by atoms with Gasteiger partial charge in [0.05, 0.1) is 5.88 Å². The van der Waals surface area contributed by atoms with Crippen LogP contribution < -0.4 is 4.90 Å². The first-order valence-corrected chi connectivity index (χ1v) is 6.15. The standard InChI is InChI=1S/C12H19ClN2O/c1-15(8-3-2-4-9-16)12-11(10-13)6-5-7-14-12/h5-7,16H,2-4,8-10H2,1H3. The summed E-state index contributed by atoms with van der Waals surface area (Å²) in [4.78, 5) is 6.46. The Morgan fingerprint density at radius 3 is 2.88 bits per heavy atom. The van der Waals surface area contributed by atoms with E-state index in [-0.39, 0.29) is 6.61 Å². The molecule has 90 valence electrons. The molecule has 0 aromatic carbocycles. The first kappa shape index (κ1) is 13.3. The van der Waals surface area contributed by atoms with Crippen molar-refractivity contribution in [3.63, 3.8) is 0 Å². The van der Waals surface area contributed by atoms with Gasteiger partial charge in [0.1, 0.15) is 5.82 Å². The van der Waals surface area contributed by atoms with Gasteiger partial charge < -0.3 is 10.0 Å². The third-order valence-corrected chi connectivity index (χ3v) is 2.81. The molecule has 4 heteroatoms. The third kappa shape index (κ3) is 3.99. The SMILES string of the molecule is CN(CCCCCO)c1ncccc1CCl. The number of aliphatic hydroxyl groups excluding tert-OH is 1. The number of hydrogen-bond acceptors (Lipinski definition) is 3. The van der Waals surface area contributed by atoms with Gasteiger partial charge in [-0.15, -0.1) is 11.6 Å². The van der Waals surface area contributed by atoms with E-state index < -0.39 is 0 Å². The summed E-state index contributed by atoms with van der Waals surface area (Å²) in [6, 6.07) is 3.90. The van der Waals surface area contributed by atoms with Gasteiger partial charge in [-0.1, -0.05) is 6.07 Å². The quantitative estimate of drug-likeness (QED) is 0.589. The molecule has 1 N–H and O–H groups in total. The Kier molecular flexibility index (Phi) is 6.19. The summed E-state index contributed by atoms with van der Waals surface area (Å²) in [5.41, 5.74) is 1.06. The lowest BCUT2D eigenvalue weighted by molar-refractivity contribution is 0.283. The topological polar surface area (TPSA) is 36.4 Å². The van der Waals surface area contributed by atoms with Crippen LogP contribution in [0.4, 0.5) is 5.82 Å². The molecule has 0 saturated heterocycles. The minimum Gasteiger partial charge on any atom is -0.396 e. The van der Waals surface area contributed by atoms with E-state index in [0.717, 1.165) is 37.2 Å². The fourth-order valence-corrected chi connectivity index (χ4v) is 1.83. The second kappa shape index (κ2) is 7.47. The van der Waals surface area contributed by atoms with Crippen LogP contribution in [0.25, 0.3) is 0 Å². The lowest BCUT2D eigenvalue weighted by atomic mass is 10.2. The van der Waals surface area contributed by atoms with Crippen molar-refractivity contribution in [2.45, 2.75) is 25.1 Å². The summed E-state index contributed by atoms with van der Waals surface area (Å²) < 4.78 is 0. The Hall–Kier alpha value is -0.800. The molecule has 0 fully saturated rings. The summed E-state index contributed by atoms with van der Waals surface area (Å²) in [6.07, 6.45) is 4.77. The molecule has 0 atom stereocenters. The van der Waals surface area contributed by atoms with Crippen LogP contribution in [-0.2, 0) is 5.88 Å². The van der Waals surface area contributed by atoms with Crippen molar-refractivity contribution >= 4 is 17.4 Å². The highest BCUT2D eigenvalue weighted by Crippen LogP contribution is 2.18. The molecular formula is C12H19ClN2O. The van der Waals surface area contributed by atoms with E-state index >= 15 is 0 Å². The monoisotopic (exact) mass is 242 g/mol. The fraction of sp³-hybridized carbons (Fsp3) is 0.583. The van der Waals surface area contributed by atoms with E-state index in [1.54, 1.807) is 6.20 Å². The number of aromatic nitrogens is 1. The van der Waals surface area contributed by atoms with Gasteiger partial charge in [0, 0.05) is 32.0 Å². The maximum absolute atomic E-state index is 8.69. The largest absolute Gasteiger partial charge is 0.396 e. The smallest absolute Gasteiger partial charge is 0.132 e. The minimum atomic E-state index is 0.278. The van der Waals surface area contributed by atoms with Gasteiger partial charge in [0.15, 0.2) is 0 Å². The number of pyridine rings is 1. The molecular weight excluding hydrogens is 224 g/mol. The van der Waals surface area contributed by atoms with Gasteiger partial charge in [-0.25, -0.2) is 4.98 Å². The number of unbranched alkanes of at least 4 members (excludes halogenated alkanes) is 2. The summed E-state index contributed by atoms with van der Waals surface area (Å²) in [6.45, 7) is 1.22. The summed E-state index contributed by atoms with van der Waals surface area (Å²) in [5, 5.41) is 8.69. The van der Waals surface area contributed by atoms with Crippen molar-refractivity contribution in [3.8, 4) is 0 Å². The van der Waals surface area contributed by atoms with Crippen LogP contribution in [-0.4, -0.2) is 30.3 Å². The van der Waals surface area contributed by atoms with Crippen LogP contribution in [0.2, 0.25) is 0 Å². The van der Waals surface area contributed by atoms with Gasteiger partial charge in [0.25, 0.3) is 0 Å². The minimum absolute atomic E-state index is 0.278. The molecule has 0 amide bonds. The maximum atomic E-state index is 8.69. The Labute approximate surface area is 102 Å². The summed E-state index contributed by atoms with van der Waals surface area (Å²) in [5.74, 6) is 1.45. The number of alkyl halides is 1. The molecule has 0 saturated carbocycles. The highest BCUT2D eigenvalue weighted by Gasteiger charge is 2.06. The molecule has 0 spiro atoms. The molecule has 16 heavy (non-hydrogen) atoms. The highest BCUT2D eigenvalue weighted by molar-refractivity contribution is 6.17. The fourth-order valence-electron chi connectivity index (χ4n) is 1.62. The second-order valence-corrected chi connectivity index (χ2v) is 4.09. The van der Waals surface area contributed by atoms with E-state index in [1.165, 1.54) is 0 Å². The molecule has 0 radical (unpaired) electrons. The molecule has 0 bridgehead atoms. The number of halogens is 1. The Bertz CT molecular complexity index is 307. The van der Waals surface area contributed by atoms with E-state index in [2.05, 4.69) is 9.88 Å². The van der Waals surface area contributed by atoms with E-state index in [9.17, 15) is 0 Å². The summed E-state index contributed by atoms with van der Waals surface area (Å²) in [7, 11) is 2.03. The van der Waals surface area contributed by atoms with Crippen LogP contribution in [0.5, 0.6) is 0 Å². The average Bonchev–Trinajstić information content (AvgIpc) is 2.34. The zero-order valence-corrected chi connectivity index (χ0v) is 10.5. The molecule has 1 heterocycles. The Morgan fingerprint density at radius 2 is 2.19 bits per heavy atom. The van der Waals surface area contributed by atoms with Gasteiger partial charge >= 0.3 is 0 Å². The van der Waals surface area contributed by atoms with Crippen LogP contribution >= 0.6 is 11.6 Å². The van der Waals surface area contributed by atoms with Gasteiger partial charge in [-0.2, -0.15) is 0 Å². The molecule has 0 aliphatic heterocycles. The molecule has 1 rings (SSSR count). The van der Waals surface area contributed by atoms with E-state index in [0.29, 0.717) is 5.88 Å². The van der Waals surface area contributed by atoms with Crippen molar-refractivity contribution in [3.05, 3.63) is 23.9 Å². The number of rotatable bonds is 7. The normalized spacial score (nSPS) is 10.4. The van der Waals surface area contributed by atoms with Crippen molar-refractivity contribution < 1.29 is 5.11 Å². The Morgan fingerprint density at radius 1 is 1.38 bits per heavy atom. The number of nitrogens with zero attached hydrogens (tertiary/aromatic N) is 2. The van der Waals surface area contributed by atoms with Crippen molar-refractivity contribution in [1.82, 2.24) is 4.98 Å². The van der Waals surface area contributed by atoms with Crippen LogP contribution in [0.15, 0.2) is 18.3 Å². The van der Waals surface area contributed by atoms with E-state index in [4.69, 9.17) is 16.7 Å². The number of aliphatic hydroxyl groups is 1. The second-order valence-electron chi connectivity index (χ2n) is 3.83. The number of hydrogen-bond donors (Lipinski definition) is 1. The first-order chi connectivity index (χ1) is 7.79. The van der Waals surface area contributed by atoms with Crippen molar-refractivity contribution in [2.75, 3.05) is 25.1 Å². The van der Waals surface area contributed by atoms with Gasteiger partial charge in [-0.05, 0) is 25.3 Å². The maximum Gasteiger partial charge on any atom is 0.132 e. The lowest BCUT2D eigenvalue weighted by Crippen LogP contribution is -2.21. The van der Waals surface area contributed by atoms with Crippen molar-refractivity contribution in [2.24, 2.45) is 0 Å². The predicted octanol–water partition coefficient (Wildman–Crippen LogP) is 2.42. The number of anilines is 1. The van der Waals surface area contributed by atoms with E-state index in [1.807, 2.05) is 19.2 Å². The predicted molar refractivity (Wildman–Crippen MR) is 68.0 cm³/mol. The summed E-state index contributed by atoms with van der Waals surface area (Å²) >= 11 is 5.86. The molecule has 0 aliphatic carbocycles. The van der Waals surface area contributed by atoms with Gasteiger partial charge in [0.2, 0.25) is 0 Å². The van der Waals surface area contributed by atoms with Crippen molar-refractivity contribution in [1.29, 1.82) is 0 Å². The molecule has 0 unspecified atom stereocenters. The Balaban J connectivity index is 2.48. The molecule has 3 nitrogen and oxygen atoms in total. The highest BCUT2D eigenvalue weighted by atomic mass is 35.5. The average molecular weight is 243 g/mol. The molecule has 1 aromatic rings. The third-order valence-electron chi connectivity index (χ3n) is 2.52. The zero-order chi connectivity index (χ0) is 11.8. The first-order valence-electron chi connectivity index (χ1n) is 5.61. The van der Waals surface area contributed by atoms with Crippen LogP contribution in [0.1, 0.15) is 24.8 Å². The zero-order valence-electron chi connectivity index (χ0n) is 9.69. The van der Waals surface area contributed by atoms with Crippen LogP contribution in [0, 0.1) is 0 Å². The van der Waals surface area contributed by atoms with Crippen LogP contribution in [0.3, 0.4) is 0 Å². The lowest BCUT2D eigenvalue weighted by Gasteiger charge is -2.20. The molecule has 0 aliphatic rings. The van der Waals surface area contributed by atoms with Gasteiger partial charge in [-0.3, -0.25) is 0 Å².